The summed E-state index contributed by atoms with van der Waals surface area (Å²) in [5.74, 6) is 0.123. The van der Waals surface area contributed by atoms with Gasteiger partial charge in [-0.25, -0.2) is 0 Å². The van der Waals surface area contributed by atoms with Gasteiger partial charge in [0, 0.05) is 23.1 Å². The molecular formula is C8H12BrF3OS. The van der Waals surface area contributed by atoms with E-state index >= 15 is 0 Å². The minimum absolute atomic E-state index is 0.0579. The van der Waals surface area contributed by atoms with E-state index in [-0.39, 0.29) is 22.9 Å². The largest absolute Gasteiger partial charge is 0.441 e. The molecule has 0 saturated carbocycles. The Kier molecular flexibility index (Phi) is 4.58. The molecule has 0 aromatic carbocycles. The Labute approximate surface area is 93.9 Å². The van der Waals surface area contributed by atoms with Crippen molar-refractivity contribution >= 4 is 27.7 Å². The molecule has 0 aromatic heterocycles. The van der Waals surface area contributed by atoms with E-state index in [0.29, 0.717) is 19.6 Å². The first-order chi connectivity index (χ1) is 6.47. The van der Waals surface area contributed by atoms with Crippen LogP contribution in [-0.4, -0.2) is 29.8 Å². The fraction of sp³-hybridized carbons (Fsp3) is 1.00. The van der Waals surface area contributed by atoms with Gasteiger partial charge in [0.1, 0.15) is 0 Å². The van der Waals surface area contributed by atoms with Crippen LogP contribution in [0.4, 0.5) is 13.2 Å². The van der Waals surface area contributed by atoms with Crippen LogP contribution in [0, 0.1) is 5.41 Å². The first kappa shape index (κ1) is 12.6. The maximum Gasteiger partial charge on any atom is 0.441 e. The van der Waals surface area contributed by atoms with Crippen molar-refractivity contribution in [2.45, 2.75) is 18.3 Å². The summed E-state index contributed by atoms with van der Waals surface area (Å²) in [5, 5.41) is 0.721. The third-order valence-electron chi connectivity index (χ3n) is 2.37. The van der Waals surface area contributed by atoms with Crippen LogP contribution < -0.4 is 0 Å². The monoisotopic (exact) mass is 292 g/mol. The first-order valence-electron chi connectivity index (χ1n) is 4.32. The summed E-state index contributed by atoms with van der Waals surface area (Å²) < 4.78 is 40.8. The second-order valence-electron chi connectivity index (χ2n) is 3.48. The van der Waals surface area contributed by atoms with Crippen LogP contribution in [0.3, 0.4) is 0 Å². The normalized spacial score (nSPS) is 28.3. The molecule has 0 N–H and O–H groups in total. The number of thioether (sulfide) groups is 1. The summed E-state index contributed by atoms with van der Waals surface area (Å²) >= 11 is 3.40. The molecule has 0 spiro atoms. The molecule has 0 radical (unpaired) electrons. The molecule has 0 bridgehead atoms. The molecule has 1 nitrogen and oxygen atoms in total. The fourth-order valence-corrected chi connectivity index (χ4v) is 2.89. The number of ether oxygens (including phenoxy) is 1. The van der Waals surface area contributed by atoms with Crippen LogP contribution >= 0.6 is 27.7 Å². The molecule has 1 heterocycles. The molecule has 1 saturated heterocycles. The van der Waals surface area contributed by atoms with Crippen LogP contribution in [0.2, 0.25) is 0 Å². The zero-order chi connectivity index (χ0) is 10.7. The van der Waals surface area contributed by atoms with Gasteiger partial charge in [-0.15, -0.1) is 0 Å². The van der Waals surface area contributed by atoms with E-state index in [4.69, 9.17) is 4.74 Å². The Hall–Kier alpha value is 0.580. The van der Waals surface area contributed by atoms with E-state index in [1.54, 1.807) is 0 Å². The van der Waals surface area contributed by atoms with E-state index in [1.807, 2.05) is 0 Å². The summed E-state index contributed by atoms with van der Waals surface area (Å²) in [6, 6.07) is 0. The second-order valence-corrected chi connectivity index (χ2v) is 5.20. The highest BCUT2D eigenvalue weighted by Crippen LogP contribution is 2.38. The minimum atomic E-state index is -4.10. The van der Waals surface area contributed by atoms with Crippen molar-refractivity contribution in [1.82, 2.24) is 0 Å². The summed E-state index contributed by atoms with van der Waals surface area (Å²) in [6.07, 6.45) is 1.42. The molecule has 0 aliphatic carbocycles. The zero-order valence-electron chi connectivity index (χ0n) is 7.57. The van der Waals surface area contributed by atoms with Crippen LogP contribution in [0.25, 0.3) is 0 Å². The van der Waals surface area contributed by atoms with Crippen molar-refractivity contribution in [2.24, 2.45) is 5.41 Å². The molecule has 1 fully saturated rings. The Balaban J connectivity index is 2.28. The fourth-order valence-electron chi connectivity index (χ4n) is 1.40. The van der Waals surface area contributed by atoms with E-state index in [1.165, 1.54) is 0 Å². The average molecular weight is 293 g/mol. The Morgan fingerprint density at radius 2 is 2.14 bits per heavy atom. The van der Waals surface area contributed by atoms with Gasteiger partial charge in [0.15, 0.2) is 0 Å². The first-order valence-corrected chi connectivity index (χ1v) is 6.43. The molecule has 84 valence electrons. The van der Waals surface area contributed by atoms with Gasteiger partial charge < -0.3 is 4.74 Å². The van der Waals surface area contributed by atoms with Gasteiger partial charge in [-0.2, -0.15) is 13.2 Å². The SMILES string of the molecule is FC(F)(F)SCCC1(CBr)CCOC1. The summed E-state index contributed by atoms with van der Waals surface area (Å²) in [5.41, 5.74) is -4.18. The smallest absolute Gasteiger partial charge is 0.381 e. The van der Waals surface area contributed by atoms with Gasteiger partial charge in [-0.05, 0) is 12.8 Å². The van der Waals surface area contributed by atoms with Gasteiger partial charge in [0.25, 0.3) is 0 Å². The lowest BCUT2D eigenvalue weighted by Crippen LogP contribution is -2.24. The van der Waals surface area contributed by atoms with Gasteiger partial charge in [-0.1, -0.05) is 27.7 Å². The van der Waals surface area contributed by atoms with Crippen molar-refractivity contribution in [2.75, 3.05) is 24.3 Å². The lowest BCUT2D eigenvalue weighted by atomic mass is 9.87. The highest BCUT2D eigenvalue weighted by atomic mass is 79.9. The molecular weight excluding hydrogens is 281 g/mol. The maximum atomic E-state index is 11.9. The van der Waals surface area contributed by atoms with Crippen molar-refractivity contribution in [1.29, 1.82) is 0 Å². The van der Waals surface area contributed by atoms with Gasteiger partial charge in [0.2, 0.25) is 0 Å². The lowest BCUT2D eigenvalue weighted by molar-refractivity contribution is -0.0329. The summed E-state index contributed by atoms with van der Waals surface area (Å²) in [7, 11) is 0. The molecule has 0 amide bonds. The lowest BCUT2D eigenvalue weighted by Gasteiger charge is -2.24. The number of halogens is 4. The third kappa shape index (κ3) is 3.98. The highest BCUT2D eigenvalue weighted by Gasteiger charge is 2.35. The highest BCUT2D eigenvalue weighted by molar-refractivity contribution is 9.09. The molecule has 1 unspecified atom stereocenters. The number of alkyl halides is 4. The Bertz CT molecular complexity index is 180. The van der Waals surface area contributed by atoms with Crippen LogP contribution in [0.1, 0.15) is 12.8 Å². The standard InChI is InChI=1S/C8H12BrF3OS/c9-5-7(1-3-13-6-7)2-4-14-8(10,11)12/h1-6H2. The van der Waals surface area contributed by atoms with Crippen molar-refractivity contribution < 1.29 is 17.9 Å². The summed E-state index contributed by atoms with van der Waals surface area (Å²) in [4.78, 5) is 0. The molecule has 0 aromatic rings. The molecule has 14 heavy (non-hydrogen) atoms. The zero-order valence-corrected chi connectivity index (χ0v) is 9.97. The number of rotatable bonds is 4. The predicted octanol–water partition coefficient (Wildman–Crippen LogP) is 3.43. The number of hydrogen-bond acceptors (Lipinski definition) is 2. The molecule has 1 aliphatic rings. The topological polar surface area (TPSA) is 9.23 Å². The second kappa shape index (κ2) is 5.07. The van der Waals surface area contributed by atoms with Crippen LogP contribution in [0.5, 0.6) is 0 Å². The van der Waals surface area contributed by atoms with Crippen molar-refractivity contribution in [3.05, 3.63) is 0 Å². The van der Waals surface area contributed by atoms with Gasteiger partial charge in [0.05, 0.1) is 6.61 Å². The molecule has 1 atom stereocenters. The van der Waals surface area contributed by atoms with Gasteiger partial charge >= 0.3 is 5.51 Å². The van der Waals surface area contributed by atoms with Crippen molar-refractivity contribution in [3.63, 3.8) is 0 Å². The Morgan fingerprint density at radius 1 is 1.43 bits per heavy atom. The number of hydrogen-bond donors (Lipinski definition) is 0. The molecule has 1 rings (SSSR count). The van der Waals surface area contributed by atoms with Crippen LogP contribution in [-0.2, 0) is 4.74 Å². The Morgan fingerprint density at radius 3 is 2.57 bits per heavy atom. The van der Waals surface area contributed by atoms with E-state index in [2.05, 4.69) is 15.9 Å². The summed E-state index contributed by atoms with van der Waals surface area (Å²) in [6.45, 7) is 1.25. The third-order valence-corrected chi connectivity index (χ3v) is 4.29. The quantitative estimate of drug-likeness (QED) is 0.734. The van der Waals surface area contributed by atoms with Crippen molar-refractivity contribution in [3.8, 4) is 0 Å². The average Bonchev–Trinajstić information content (AvgIpc) is 2.52. The molecule has 6 heteroatoms. The van der Waals surface area contributed by atoms with E-state index < -0.39 is 5.51 Å². The van der Waals surface area contributed by atoms with Crippen LogP contribution in [0.15, 0.2) is 0 Å². The van der Waals surface area contributed by atoms with Gasteiger partial charge in [-0.3, -0.25) is 0 Å². The predicted molar refractivity (Wildman–Crippen MR) is 54.8 cm³/mol. The molecule has 1 aliphatic heterocycles. The minimum Gasteiger partial charge on any atom is -0.381 e. The van der Waals surface area contributed by atoms with E-state index in [0.717, 1.165) is 11.8 Å². The van der Waals surface area contributed by atoms with E-state index in [9.17, 15) is 13.2 Å². The maximum absolute atomic E-state index is 11.9.